The molecule has 0 amide bonds. The van der Waals surface area contributed by atoms with Gasteiger partial charge in [0.2, 0.25) is 0 Å². The fourth-order valence-electron chi connectivity index (χ4n) is 0.985. The Balaban J connectivity index is 3.28. The zero-order valence-electron chi connectivity index (χ0n) is 8.52. The van der Waals surface area contributed by atoms with Crippen molar-refractivity contribution in [3.8, 4) is 0 Å². The Morgan fingerprint density at radius 2 is 2.19 bits per heavy atom. The first-order valence-electron chi connectivity index (χ1n) is 4.19. The predicted octanol–water partition coefficient (Wildman–Crippen LogP) is 1.91. The lowest BCUT2D eigenvalue weighted by Gasteiger charge is -2.02. The molecule has 0 saturated heterocycles. The molecule has 0 saturated carbocycles. The molecule has 0 unspecified atom stereocenters. The van der Waals surface area contributed by atoms with E-state index in [1.807, 2.05) is 0 Å². The van der Waals surface area contributed by atoms with Gasteiger partial charge in [-0.3, -0.25) is 4.18 Å². The minimum absolute atomic E-state index is 0.0174. The normalized spacial score (nSPS) is 11.4. The van der Waals surface area contributed by atoms with E-state index in [0.29, 0.717) is 0 Å². The van der Waals surface area contributed by atoms with Crippen LogP contribution in [0.3, 0.4) is 0 Å². The topological polar surface area (TPSA) is 69.7 Å². The van der Waals surface area contributed by atoms with E-state index in [0.717, 1.165) is 18.4 Å². The minimum Gasteiger partial charge on any atom is -0.465 e. The van der Waals surface area contributed by atoms with Gasteiger partial charge in [-0.25, -0.2) is 4.79 Å². The minimum atomic E-state index is -3.95. The van der Waals surface area contributed by atoms with E-state index < -0.39 is 16.1 Å². The Hall–Kier alpha value is -0.630. The Kier molecular flexibility index (Phi) is 4.31. The number of hydrogen-bond acceptors (Lipinski definition) is 6. The van der Waals surface area contributed by atoms with Crippen molar-refractivity contribution in [1.82, 2.24) is 0 Å². The summed E-state index contributed by atoms with van der Waals surface area (Å²) >= 11 is 6.50. The summed E-state index contributed by atoms with van der Waals surface area (Å²) in [5.74, 6) is -0.754. The summed E-state index contributed by atoms with van der Waals surface area (Å²) in [6.07, 6.45) is 0. The second kappa shape index (κ2) is 5.13. The van der Waals surface area contributed by atoms with Gasteiger partial charge in [0.05, 0.1) is 18.1 Å². The third kappa shape index (κ3) is 2.73. The van der Waals surface area contributed by atoms with Crippen molar-refractivity contribution in [3.05, 3.63) is 15.3 Å². The lowest BCUT2D eigenvalue weighted by molar-refractivity contribution is 0.0602. The molecule has 0 aromatic carbocycles. The predicted molar refractivity (Wildman–Crippen MR) is 59.5 cm³/mol. The third-order valence-corrected chi connectivity index (χ3v) is 4.36. The SMILES string of the molecule is CCOS(=O)(=O)c1cc(Cl)sc1C(=O)OC. The van der Waals surface area contributed by atoms with Gasteiger partial charge in [0.25, 0.3) is 10.1 Å². The summed E-state index contributed by atoms with van der Waals surface area (Å²) < 4.78 is 32.4. The Bertz CT molecular complexity index is 491. The largest absolute Gasteiger partial charge is 0.465 e. The van der Waals surface area contributed by atoms with Gasteiger partial charge < -0.3 is 4.74 Å². The zero-order chi connectivity index (χ0) is 12.3. The standard InChI is InChI=1S/C8H9ClO5S2/c1-3-14-16(11,12)5-4-6(9)15-7(5)8(10)13-2/h4H,3H2,1-2H3. The number of thiophene rings is 1. The van der Waals surface area contributed by atoms with Crippen LogP contribution in [0.1, 0.15) is 16.6 Å². The molecular formula is C8H9ClO5S2. The first kappa shape index (κ1) is 13.4. The number of carbonyl (C=O) groups excluding carboxylic acids is 1. The van der Waals surface area contributed by atoms with E-state index in [1.54, 1.807) is 0 Å². The molecule has 0 atom stereocenters. The number of halogens is 1. The molecule has 16 heavy (non-hydrogen) atoms. The molecule has 1 aromatic rings. The fourth-order valence-corrected chi connectivity index (χ4v) is 3.60. The molecule has 0 fully saturated rings. The van der Waals surface area contributed by atoms with Crippen molar-refractivity contribution in [2.75, 3.05) is 13.7 Å². The summed E-state index contributed by atoms with van der Waals surface area (Å²) in [7, 11) is -2.79. The molecule has 0 aliphatic carbocycles. The van der Waals surface area contributed by atoms with Crippen LogP contribution in [0.25, 0.3) is 0 Å². The molecule has 1 heterocycles. The highest BCUT2D eigenvalue weighted by Crippen LogP contribution is 2.31. The van der Waals surface area contributed by atoms with Crippen LogP contribution in [0.4, 0.5) is 0 Å². The van der Waals surface area contributed by atoms with Crippen molar-refractivity contribution in [3.63, 3.8) is 0 Å². The Labute approximate surface area is 102 Å². The lowest BCUT2D eigenvalue weighted by atomic mass is 10.5. The van der Waals surface area contributed by atoms with Gasteiger partial charge in [-0.1, -0.05) is 11.6 Å². The van der Waals surface area contributed by atoms with Crippen LogP contribution in [0.5, 0.6) is 0 Å². The van der Waals surface area contributed by atoms with E-state index in [-0.39, 0.29) is 20.7 Å². The number of hydrogen-bond donors (Lipinski definition) is 0. The van der Waals surface area contributed by atoms with Crippen molar-refractivity contribution in [2.24, 2.45) is 0 Å². The highest BCUT2D eigenvalue weighted by Gasteiger charge is 2.26. The van der Waals surface area contributed by atoms with Gasteiger partial charge in [-0.2, -0.15) is 8.42 Å². The number of ether oxygens (including phenoxy) is 1. The molecule has 5 nitrogen and oxygen atoms in total. The lowest BCUT2D eigenvalue weighted by Crippen LogP contribution is -2.10. The smallest absolute Gasteiger partial charge is 0.349 e. The first-order chi connectivity index (χ1) is 7.42. The van der Waals surface area contributed by atoms with E-state index in [9.17, 15) is 13.2 Å². The molecule has 1 rings (SSSR count). The zero-order valence-corrected chi connectivity index (χ0v) is 10.9. The van der Waals surface area contributed by atoms with Crippen LogP contribution in [0.2, 0.25) is 4.34 Å². The van der Waals surface area contributed by atoms with Gasteiger partial charge in [0, 0.05) is 0 Å². The van der Waals surface area contributed by atoms with E-state index in [1.165, 1.54) is 13.0 Å². The summed E-state index contributed by atoms with van der Waals surface area (Å²) in [5, 5.41) is 0. The quantitative estimate of drug-likeness (QED) is 0.624. The van der Waals surface area contributed by atoms with E-state index in [4.69, 9.17) is 11.6 Å². The van der Waals surface area contributed by atoms with Gasteiger partial charge >= 0.3 is 5.97 Å². The van der Waals surface area contributed by atoms with E-state index in [2.05, 4.69) is 8.92 Å². The maximum Gasteiger partial charge on any atom is 0.349 e. The maximum absolute atomic E-state index is 11.6. The molecular weight excluding hydrogens is 276 g/mol. The van der Waals surface area contributed by atoms with Crippen LogP contribution in [0.15, 0.2) is 11.0 Å². The van der Waals surface area contributed by atoms with Crippen molar-refractivity contribution < 1.29 is 22.1 Å². The first-order valence-corrected chi connectivity index (χ1v) is 6.79. The van der Waals surface area contributed by atoms with Gasteiger partial charge in [-0.15, -0.1) is 11.3 Å². The highest BCUT2D eigenvalue weighted by atomic mass is 35.5. The molecule has 0 spiro atoms. The highest BCUT2D eigenvalue weighted by molar-refractivity contribution is 7.87. The van der Waals surface area contributed by atoms with Gasteiger partial charge in [-0.05, 0) is 13.0 Å². The fraction of sp³-hybridized carbons (Fsp3) is 0.375. The second-order valence-corrected chi connectivity index (χ2v) is 5.86. The summed E-state index contributed by atoms with van der Waals surface area (Å²) in [5.41, 5.74) is 0. The number of methoxy groups -OCH3 is 1. The summed E-state index contributed by atoms with van der Waals surface area (Å²) in [6.45, 7) is 1.51. The van der Waals surface area contributed by atoms with Crippen LogP contribution in [-0.2, 0) is 19.0 Å². The van der Waals surface area contributed by atoms with Crippen molar-refractivity contribution in [1.29, 1.82) is 0 Å². The van der Waals surface area contributed by atoms with Gasteiger partial charge in [0.15, 0.2) is 0 Å². The summed E-state index contributed by atoms with van der Waals surface area (Å²) in [6, 6.07) is 1.17. The molecule has 8 heteroatoms. The van der Waals surface area contributed by atoms with Crippen molar-refractivity contribution >= 4 is 39.0 Å². The average molecular weight is 285 g/mol. The number of rotatable bonds is 4. The van der Waals surface area contributed by atoms with Crippen LogP contribution in [0, 0.1) is 0 Å². The summed E-state index contributed by atoms with van der Waals surface area (Å²) in [4.78, 5) is 11.0. The maximum atomic E-state index is 11.6. The molecule has 0 aliphatic rings. The molecule has 0 radical (unpaired) electrons. The molecule has 1 aromatic heterocycles. The second-order valence-electron chi connectivity index (χ2n) is 2.60. The third-order valence-electron chi connectivity index (χ3n) is 1.58. The van der Waals surface area contributed by atoms with Crippen LogP contribution >= 0.6 is 22.9 Å². The average Bonchev–Trinajstić information content (AvgIpc) is 2.60. The molecule has 0 bridgehead atoms. The Morgan fingerprint density at radius 1 is 1.56 bits per heavy atom. The molecule has 90 valence electrons. The number of carbonyl (C=O) groups is 1. The molecule has 0 aliphatic heterocycles. The van der Waals surface area contributed by atoms with Gasteiger partial charge in [0.1, 0.15) is 9.77 Å². The van der Waals surface area contributed by atoms with Crippen LogP contribution < -0.4 is 0 Å². The molecule has 0 N–H and O–H groups in total. The monoisotopic (exact) mass is 284 g/mol. The van der Waals surface area contributed by atoms with Crippen molar-refractivity contribution in [2.45, 2.75) is 11.8 Å². The number of esters is 1. The van der Waals surface area contributed by atoms with Crippen LogP contribution in [-0.4, -0.2) is 28.1 Å². The Morgan fingerprint density at radius 3 is 2.69 bits per heavy atom. The van der Waals surface area contributed by atoms with E-state index >= 15 is 0 Å².